The number of likely N-dealkylation sites (N-methyl/N-ethyl adjacent to an activating group) is 1. The largest absolute Gasteiger partial charge is 0.384 e. The average Bonchev–Trinajstić information content (AvgIpc) is 2.34. The van der Waals surface area contributed by atoms with Crippen molar-refractivity contribution >= 4 is 11.6 Å². The molecule has 6 nitrogen and oxygen atoms in total. The fraction of sp³-hybridized carbons (Fsp3) is 0.667. The molecule has 102 valence electrons. The molecule has 0 saturated carbocycles. The Balaban J connectivity index is 2.51. The summed E-state index contributed by atoms with van der Waals surface area (Å²) in [5.41, 5.74) is 5.72. The minimum atomic E-state index is 0.371. The molecule has 0 aromatic carbocycles. The molecule has 0 aliphatic rings. The number of hydrogen-bond donors (Lipinski definition) is 2. The summed E-state index contributed by atoms with van der Waals surface area (Å²) in [6.07, 6.45) is 0. The standard InChI is InChI=1S/C12H23N5O/c1-4-17(5-2)7-6-14-11-8-10(13)15-12(16-11)9-18-3/h8H,4-7,9H2,1-3H3,(H3,13,14,15,16). The molecule has 1 rings (SSSR count). The number of methoxy groups -OCH3 is 1. The van der Waals surface area contributed by atoms with Crippen molar-refractivity contribution in [2.45, 2.75) is 20.5 Å². The van der Waals surface area contributed by atoms with Crippen LogP contribution >= 0.6 is 0 Å². The van der Waals surface area contributed by atoms with E-state index in [1.807, 2.05) is 0 Å². The lowest BCUT2D eigenvalue weighted by Gasteiger charge is -2.18. The van der Waals surface area contributed by atoms with Crippen LogP contribution in [-0.4, -0.2) is 48.2 Å². The van der Waals surface area contributed by atoms with Gasteiger partial charge in [-0.1, -0.05) is 13.8 Å². The van der Waals surface area contributed by atoms with Gasteiger partial charge in [-0.15, -0.1) is 0 Å². The first-order chi connectivity index (χ1) is 8.69. The second-order valence-corrected chi connectivity index (χ2v) is 3.98. The first-order valence-electron chi connectivity index (χ1n) is 6.28. The molecule has 0 amide bonds. The Hall–Kier alpha value is -1.40. The number of nitrogens with two attached hydrogens (primary N) is 1. The van der Waals surface area contributed by atoms with E-state index in [0.717, 1.165) is 32.0 Å². The van der Waals surface area contributed by atoms with Gasteiger partial charge in [0.1, 0.15) is 18.2 Å². The number of rotatable bonds is 8. The number of ether oxygens (including phenoxy) is 1. The third-order valence-corrected chi connectivity index (χ3v) is 2.69. The maximum atomic E-state index is 5.72. The van der Waals surface area contributed by atoms with Crippen LogP contribution in [0, 0.1) is 0 Å². The molecule has 0 unspecified atom stereocenters. The summed E-state index contributed by atoms with van der Waals surface area (Å²) in [7, 11) is 1.61. The van der Waals surface area contributed by atoms with Crippen LogP contribution in [0.5, 0.6) is 0 Å². The van der Waals surface area contributed by atoms with Crippen molar-refractivity contribution in [1.82, 2.24) is 14.9 Å². The van der Waals surface area contributed by atoms with E-state index in [-0.39, 0.29) is 0 Å². The predicted octanol–water partition coefficient (Wildman–Crippen LogP) is 0.959. The van der Waals surface area contributed by atoms with Gasteiger partial charge in [-0.2, -0.15) is 0 Å². The number of hydrogen-bond acceptors (Lipinski definition) is 6. The van der Waals surface area contributed by atoms with Crippen LogP contribution in [0.1, 0.15) is 19.7 Å². The van der Waals surface area contributed by atoms with E-state index < -0.39 is 0 Å². The van der Waals surface area contributed by atoms with Gasteiger partial charge in [-0.25, -0.2) is 9.97 Å². The first-order valence-corrected chi connectivity index (χ1v) is 6.28. The van der Waals surface area contributed by atoms with E-state index in [0.29, 0.717) is 18.2 Å². The average molecular weight is 253 g/mol. The van der Waals surface area contributed by atoms with Crippen molar-refractivity contribution in [3.8, 4) is 0 Å². The summed E-state index contributed by atoms with van der Waals surface area (Å²) in [5.74, 6) is 1.81. The van der Waals surface area contributed by atoms with Crippen LogP contribution in [-0.2, 0) is 11.3 Å². The highest BCUT2D eigenvalue weighted by molar-refractivity contribution is 5.44. The molecule has 0 aliphatic carbocycles. The number of anilines is 2. The van der Waals surface area contributed by atoms with Crippen molar-refractivity contribution in [3.05, 3.63) is 11.9 Å². The summed E-state index contributed by atoms with van der Waals surface area (Å²) in [4.78, 5) is 10.8. The van der Waals surface area contributed by atoms with E-state index >= 15 is 0 Å². The van der Waals surface area contributed by atoms with Gasteiger partial charge in [0.25, 0.3) is 0 Å². The second-order valence-electron chi connectivity index (χ2n) is 3.98. The molecule has 3 N–H and O–H groups in total. The molecular formula is C12H23N5O. The van der Waals surface area contributed by atoms with Gasteiger partial charge in [0.2, 0.25) is 0 Å². The molecule has 1 aromatic heterocycles. The smallest absolute Gasteiger partial charge is 0.158 e. The summed E-state index contributed by atoms with van der Waals surface area (Å²) >= 11 is 0. The van der Waals surface area contributed by atoms with Crippen molar-refractivity contribution in [2.75, 3.05) is 44.3 Å². The van der Waals surface area contributed by atoms with Crippen molar-refractivity contribution in [3.63, 3.8) is 0 Å². The van der Waals surface area contributed by atoms with Gasteiger partial charge in [0, 0.05) is 26.3 Å². The third-order valence-electron chi connectivity index (χ3n) is 2.69. The number of nitrogens with one attached hydrogen (secondary N) is 1. The zero-order valence-corrected chi connectivity index (χ0v) is 11.4. The van der Waals surface area contributed by atoms with Crippen molar-refractivity contribution in [2.24, 2.45) is 0 Å². The van der Waals surface area contributed by atoms with E-state index in [1.165, 1.54) is 0 Å². The van der Waals surface area contributed by atoms with Crippen LogP contribution in [0.3, 0.4) is 0 Å². The summed E-state index contributed by atoms with van der Waals surface area (Å²) in [6, 6.07) is 1.74. The first kappa shape index (κ1) is 14.7. The molecule has 0 fully saturated rings. The number of aromatic nitrogens is 2. The van der Waals surface area contributed by atoms with Crippen LogP contribution in [0.15, 0.2) is 6.07 Å². The van der Waals surface area contributed by atoms with Crippen LogP contribution in [0.2, 0.25) is 0 Å². The maximum absolute atomic E-state index is 5.72. The molecular weight excluding hydrogens is 230 g/mol. The van der Waals surface area contributed by atoms with Crippen LogP contribution < -0.4 is 11.1 Å². The molecule has 0 spiro atoms. The maximum Gasteiger partial charge on any atom is 0.158 e. The van der Waals surface area contributed by atoms with Gasteiger partial charge < -0.3 is 20.7 Å². The third kappa shape index (κ3) is 4.85. The molecule has 1 heterocycles. The lowest BCUT2D eigenvalue weighted by atomic mass is 10.4. The Morgan fingerprint density at radius 1 is 1.33 bits per heavy atom. The lowest BCUT2D eigenvalue weighted by Crippen LogP contribution is -2.28. The fourth-order valence-corrected chi connectivity index (χ4v) is 1.68. The van der Waals surface area contributed by atoms with Crippen molar-refractivity contribution < 1.29 is 4.74 Å². The molecule has 0 aliphatic heterocycles. The molecule has 6 heteroatoms. The zero-order chi connectivity index (χ0) is 13.4. The van der Waals surface area contributed by atoms with E-state index in [4.69, 9.17) is 10.5 Å². The Kier molecular flexibility index (Phi) is 6.38. The lowest BCUT2D eigenvalue weighted by molar-refractivity contribution is 0.178. The highest BCUT2D eigenvalue weighted by Crippen LogP contribution is 2.08. The highest BCUT2D eigenvalue weighted by Gasteiger charge is 2.03. The molecule has 1 aromatic rings. The van der Waals surface area contributed by atoms with Gasteiger partial charge in [-0.3, -0.25) is 0 Å². The van der Waals surface area contributed by atoms with E-state index in [2.05, 4.69) is 34.0 Å². The molecule has 0 atom stereocenters. The van der Waals surface area contributed by atoms with E-state index in [1.54, 1.807) is 13.2 Å². The second kappa shape index (κ2) is 7.84. The molecule has 0 bridgehead atoms. The SMILES string of the molecule is CCN(CC)CCNc1cc(N)nc(COC)n1. The molecule has 0 saturated heterocycles. The Morgan fingerprint density at radius 3 is 2.67 bits per heavy atom. The van der Waals surface area contributed by atoms with Crippen LogP contribution in [0.4, 0.5) is 11.6 Å². The monoisotopic (exact) mass is 253 g/mol. The van der Waals surface area contributed by atoms with E-state index in [9.17, 15) is 0 Å². The quantitative estimate of drug-likeness (QED) is 0.718. The number of nitrogen functional groups attached to an aromatic ring is 1. The van der Waals surface area contributed by atoms with Crippen molar-refractivity contribution in [1.29, 1.82) is 0 Å². The predicted molar refractivity (Wildman–Crippen MR) is 73.4 cm³/mol. The summed E-state index contributed by atoms with van der Waals surface area (Å²) in [5, 5.41) is 3.26. The number of nitrogens with zero attached hydrogens (tertiary/aromatic N) is 3. The Bertz CT molecular complexity index is 354. The van der Waals surface area contributed by atoms with Gasteiger partial charge in [-0.05, 0) is 13.1 Å². The molecule has 18 heavy (non-hydrogen) atoms. The Morgan fingerprint density at radius 2 is 2.06 bits per heavy atom. The summed E-state index contributed by atoms with van der Waals surface area (Å²) in [6.45, 7) is 8.61. The highest BCUT2D eigenvalue weighted by atomic mass is 16.5. The topological polar surface area (TPSA) is 76.3 Å². The van der Waals surface area contributed by atoms with Gasteiger partial charge in [0.15, 0.2) is 5.82 Å². The zero-order valence-electron chi connectivity index (χ0n) is 11.4. The van der Waals surface area contributed by atoms with Gasteiger partial charge in [0.05, 0.1) is 0 Å². The fourth-order valence-electron chi connectivity index (χ4n) is 1.68. The minimum absolute atomic E-state index is 0.371. The Labute approximate surface area is 109 Å². The van der Waals surface area contributed by atoms with Gasteiger partial charge >= 0.3 is 0 Å². The normalized spacial score (nSPS) is 10.9. The minimum Gasteiger partial charge on any atom is -0.384 e. The summed E-state index contributed by atoms with van der Waals surface area (Å²) < 4.78 is 5.00. The van der Waals surface area contributed by atoms with Crippen LogP contribution in [0.25, 0.3) is 0 Å². The molecule has 0 radical (unpaired) electrons.